The zero-order valence-corrected chi connectivity index (χ0v) is 8.14. The van der Waals surface area contributed by atoms with E-state index in [9.17, 15) is 5.11 Å². The first-order chi connectivity index (χ1) is 6.70. The van der Waals surface area contributed by atoms with Crippen LogP contribution >= 0.6 is 11.3 Å². The smallest absolute Gasteiger partial charge is 0.172 e. The number of nitrogens with zero attached hydrogens (tertiary/aromatic N) is 1. The number of fused-ring (bicyclic) bond motifs is 1. The molecule has 3 nitrogen and oxygen atoms in total. The van der Waals surface area contributed by atoms with Crippen molar-refractivity contribution in [2.75, 3.05) is 5.73 Å². The summed E-state index contributed by atoms with van der Waals surface area (Å²) in [6, 6.07) is 7.39. The second-order valence-electron chi connectivity index (χ2n) is 3.01. The van der Waals surface area contributed by atoms with Gasteiger partial charge >= 0.3 is 0 Å². The molecule has 3 N–H and O–H groups in total. The van der Waals surface area contributed by atoms with Crippen molar-refractivity contribution in [3.63, 3.8) is 0 Å². The monoisotopic (exact) mass is 204 g/mol. The zero-order chi connectivity index (χ0) is 10.1. The van der Waals surface area contributed by atoms with Crippen LogP contribution in [0.4, 0.5) is 5.69 Å². The van der Waals surface area contributed by atoms with Crippen LogP contribution in [-0.2, 0) is 6.42 Å². The maximum Gasteiger partial charge on any atom is 0.172 e. The lowest BCUT2D eigenvalue weighted by Gasteiger charge is -2.00. The minimum Gasteiger partial charge on any atom is -0.499 e. The minimum atomic E-state index is 0.272. The van der Waals surface area contributed by atoms with Crippen molar-refractivity contribution in [2.45, 2.75) is 6.42 Å². The zero-order valence-electron chi connectivity index (χ0n) is 7.32. The number of hydrogen-bond donors (Lipinski definition) is 2. The molecule has 0 spiro atoms. The van der Waals surface area contributed by atoms with Crippen LogP contribution < -0.4 is 5.73 Å². The summed E-state index contributed by atoms with van der Waals surface area (Å²) >= 11 is 1.29. The lowest BCUT2D eigenvalue weighted by atomic mass is 10.1. The molecule has 0 atom stereocenters. The molecule has 70 valence electrons. The molecule has 2 rings (SSSR count). The highest BCUT2D eigenvalue weighted by Gasteiger charge is 2.05. The number of nitrogen functional groups attached to an aromatic ring is 1. The fraction of sp³-hybridized carbons (Fsp3) is 0.100. The molecule has 1 aromatic heterocycles. The normalized spacial score (nSPS) is 10.2. The van der Waals surface area contributed by atoms with Gasteiger partial charge in [-0.25, -0.2) is 0 Å². The molecule has 0 aliphatic rings. The Morgan fingerprint density at radius 1 is 1.43 bits per heavy atom. The Balaban J connectivity index is 2.65. The van der Waals surface area contributed by atoms with Crippen LogP contribution in [-0.4, -0.2) is 5.11 Å². The number of benzene rings is 1. The Bertz CT molecular complexity index is 525. The number of aromatic hydroxyl groups is 1. The van der Waals surface area contributed by atoms with Gasteiger partial charge < -0.3 is 10.8 Å². The molecule has 0 radical (unpaired) electrons. The third kappa shape index (κ3) is 1.38. The Kier molecular flexibility index (Phi) is 2.02. The van der Waals surface area contributed by atoms with Gasteiger partial charge in [0.2, 0.25) is 0 Å². The second-order valence-corrected chi connectivity index (χ2v) is 4.07. The summed E-state index contributed by atoms with van der Waals surface area (Å²) in [4.78, 5) is 0. The van der Waals surface area contributed by atoms with Gasteiger partial charge in [0.15, 0.2) is 5.06 Å². The summed E-state index contributed by atoms with van der Waals surface area (Å²) in [5, 5.41) is 19.1. The minimum absolute atomic E-state index is 0.272. The van der Waals surface area contributed by atoms with Gasteiger partial charge in [0, 0.05) is 10.4 Å². The van der Waals surface area contributed by atoms with Gasteiger partial charge in [0.05, 0.1) is 12.5 Å². The van der Waals surface area contributed by atoms with Crippen LogP contribution in [0.1, 0.15) is 5.56 Å². The van der Waals surface area contributed by atoms with Crippen LogP contribution in [0.5, 0.6) is 5.06 Å². The summed E-state index contributed by atoms with van der Waals surface area (Å²) in [5.41, 5.74) is 7.19. The van der Waals surface area contributed by atoms with E-state index in [-0.39, 0.29) is 5.06 Å². The molecule has 4 heteroatoms. The van der Waals surface area contributed by atoms with Gasteiger partial charge in [-0.3, -0.25) is 0 Å². The van der Waals surface area contributed by atoms with Crippen molar-refractivity contribution in [3.8, 4) is 11.1 Å². The third-order valence-corrected chi connectivity index (χ3v) is 2.94. The maximum absolute atomic E-state index is 9.28. The van der Waals surface area contributed by atoms with Crippen LogP contribution in [0.2, 0.25) is 0 Å². The molecule has 0 saturated carbocycles. The molecule has 0 aliphatic heterocycles. The van der Waals surface area contributed by atoms with Crippen molar-refractivity contribution in [1.29, 1.82) is 5.26 Å². The van der Waals surface area contributed by atoms with E-state index in [1.807, 2.05) is 6.07 Å². The fourth-order valence-electron chi connectivity index (χ4n) is 1.37. The van der Waals surface area contributed by atoms with E-state index in [1.54, 1.807) is 12.1 Å². The molecular weight excluding hydrogens is 196 g/mol. The number of hydrogen-bond acceptors (Lipinski definition) is 4. The highest BCUT2D eigenvalue weighted by Crippen LogP contribution is 2.33. The van der Waals surface area contributed by atoms with E-state index in [2.05, 4.69) is 6.07 Å². The number of rotatable bonds is 1. The largest absolute Gasteiger partial charge is 0.499 e. The van der Waals surface area contributed by atoms with Gasteiger partial charge in [-0.2, -0.15) is 5.26 Å². The maximum atomic E-state index is 9.28. The van der Waals surface area contributed by atoms with E-state index in [0.29, 0.717) is 12.1 Å². The predicted octanol–water partition coefficient (Wildman–Crippen LogP) is 2.26. The van der Waals surface area contributed by atoms with Crippen molar-refractivity contribution in [2.24, 2.45) is 0 Å². The molecule has 0 aliphatic carbocycles. The number of anilines is 1. The summed E-state index contributed by atoms with van der Waals surface area (Å²) in [7, 11) is 0. The Hall–Kier alpha value is -1.73. The lowest BCUT2D eigenvalue weighted by molar-refractivity contribution is 0.491. The van der Waals surface area contributed by atoms with Gasteiger partial charge in [0.25, 0.3) is 0 Å². The first kappa shape index (κ1) is 8.85. The summed E-state index contributed by atoms with van der Waals surface area (Å²) in [6.45, 7) is 0. The van der Waals surface area contributed by atoms with Crippen molar-refractivity contribution >= 4 is 27.1 Å². The molecule has 0 amide bonds. The van der Waals surface area contributed by atoms with E-state index in [0.717, 1.165) is 15.6 Å². The predicted molar refractivity (Wildman–Crippen MR) is 57.2 cm³/mol. The van der Waals surface area contributed by atoms with E-state index in [4.69, 9.17) is 11.0 Å². The Morgan fingerprint density at radius 2 is 2.21 bits per heavy atom. The molecule has 14 heavy (non-hydrogen) atoms. The standard InChI is InChI=1S/C10H8N2OS/c11-2-1-6-3-7-4-10(13)14-9(7)5-8(6)12/h3-5,13H,1,12H2. The van der Waals surface area contributed by atoms with Crippen molar-refractivity contribution in [3.05, 3.63) is 23.8 Å². The highest BCUT2D eigenvalue weighted by atomic mass is 32.1. The van der Waals surface area contributed by atoms with Gasteiger partial charge in [-0.1, -0.05) is 11.3 Å². The molecule has 1 heterocycles. The molecule has 0 unspecified atom stereocenters. The molecule has 1 aromatic carbocycles. The first-order valence-electron chi connectivity index (χ1n) is 4.08. The van der Waals surface area contributed by atoms with E-state index >= 15 is 0 Å². The molecule has 2 aromatic rings. The number of nitrogens with two attached hydrogens (primary N) is 1. The van der Waals surface area contributed by atoms with Gasteiger partial charge in [0.1, 0.15) is 0 Å². The molecule has 0 saturated heterocycles. The average molecular weight is 204 g/mol. The molecular formula is C10H8N2OS. The topological polar surface area (TPSA) is 70.0 Å². The fourth-order valence-corrected chi connectivity index (χ4v) is 2.21. The van der Waals surface area contributed by atoms with Crippen LogP contribution in [0.15, 0.2) is 18.2 Å². The first-order valence-corrected chi connectivity index (χ1v) is 4.90. The summed E-state index contributed by atoms with van der Waals surface area (Å²) in [5.74, 6) is 0. The van der Waals surface area contributed by atoms with Crippen LogP contribution in [0.25, 0.3) is 10.1 Å². The van der Waals surface area contributed by atoms with Crippen LogP contribution in [0, 0.1) is 11.3 Å². The van der Waals surface area contributed by atoms with E-state index in [1.165, 1.54) is 11.3 Å². The Labute approximate surface area is 85.0 Å². The summed E-state index contributed by atoms with van der Waals surface area (Å²) in [6.07, 6.45) is 0.304. The number of thiophene rings is 1. The highest BCUT2D eigenvalue weighted by molar-refractivity contribution is 7.20. The van der Waals surface area contributed by atoms with Crippen LogP contribution in [0.3, 0.4) is 0 Å². The molecule has 0 fully saturated rings. The Morgan fingerprint density at radius 3 is 2.93 bits per heavy atom. The van der Waals surface area contributed by atoms with Gasteiger partial charge in [-0.05, 0) is 29.1 Å². The molecule has 0 bridgehead atoms. The average Bonchev–Trinajstić information content (AvgIpc) is 2.45. The van der Waals surface area contributed by atoms with Crippen molar-refractivity contribution < 1.29 is 5.11 Å². The SMILES string of the molecule is N#CCc1cc2cc(O)sc2cc1N. The second kappa shape index (κ2) is 3.20. The third-order valence-electron chi connectivity index (χ3n) is 2.03. The van der Waals surface area contributed by atoms with Gasteiger partial charge in [-0.15, -0.1) is 0 Å². The van der Waals surface area contributed by atoms with Crippen molar-refractivity contribution in [1.82, 2.24) is 0 Å². The van der Waals surface area contributed by atoms with E-state index < -0.39 is 0 Å². The lowest BCUT2D eigenvalue weighted by Crippen LogP contribution is -1.92. The quantitative estimate of drug-likeness (QED) is 0.700. The summed E-state index contributed by atoms with van der Waals surface area (Å²) < 4.78 is 0.946. The number of nitriles is 1.